The van der Waals surface area contributed by atoms with Crippen LogP contribution in [0.5, 0.6) is 17.2 Å². The minimum Gasteiger partial charge on any atom is -0.506 e. The van der Waals surface area contributed by atoms with Crippen molar-refractivity contribution in [3.05, 3.63) is 36.7 Å². The molecule has 0 saturated carbocycles. The zero-order valence-electron chi connectivity index (χ0n) is 15.5. The number of ether oxygens (including phenoxy) is 2. The molecule has 3 rings (SSSR count). The molecule has 0 aliphatic carbocycles. The van der Waals surface area contributed by atoms with Crippen molar-refractivity contribution in [3.63, 3.8) is 0 Å². The van der Waals surface area contributed by atoms with E-state index in [1.54, 1.807) is 19.1 Å². The average Bonchev–Trinajstić information content (AvgIpc) is 2.68. The Bertz CT molecular complexity index is 1110. The van der Waals surface area contributed by atoms with Gasteiger partial charge in [0, 0.05) is 11.5 Å². The van der Waals surface area contributed by atoms with Gasteiger partial charge in [-0.05, 0) is 24.3 Å². The number of nitrogens with one attached hydrogen (secondary N) is 1. The molecule has 0 amide bonds. The van der Waals surface area contributed by atoms with Crippen LogP contribution in [0.4, 0.5) is 11.5 Å². The number of aromatic hydroxyl groups is 1. The highest BCUT2D eigenvalue weighted by molar-refractivity contribution is 7.91. The Hall–Kier alpha value is -2.78. The molecule has 0 spiro atoms. The number of phenolic OH excluding ortho intramolecular Hbond substituents is 1. The molecule has 0 fully saturated rings. The Kier molecular flexibility index (Phi) is 6.52. The molecule has 2 N–H and O–H groups in total. The third kappa shape index (κ3) is 4.05. The summed E-state index contributed by atoms with van der Waals surface area (Å²) in [5.41, 5.74) is 0.821. The highest BCUT2D eigenvalue weighted by atomic mass is 35.5. The molecule has 8 nitrogen and oxygen atoms in total. The van der Waals surface area contributed by atoms with Crippen LogP contribution >= 0.6 is 12.4 Å². The third-order valence-corrected chi connectivity index (χ3v) is 5.83. The van der Waals surface area contributed by atoms with Crippen molar-refractivity contribution in [1.82, 2.24) is 9.97 Å². The molecule has 10 heteroatoms. The van der Waals surface area contributed by atoms with Crippen molar-refractivity contribution in [2.45, 2.75) is 11.8 Å². The number of phenols is 1. The summed E-state index contributed by atoms with van der Waals surface area (Å²) in [4.78, 5) is 8.54. The second kappa shape index (κ2) is 8.49. The summed E-state index contributed by atoms with van der Waals surface area (Å²) >= 11 is 0. The zero-order chi connectivity index (χ0) is 19.6. The van der Waals surface area contributed by atoms with Crippen molar-refractivity contribution in [2.24, 2.45) is 0 Å². The fraction of sp³-hybridized carbons (Fsp3) is 0.222. The molecule has 0 bridgehead atoms. The molecule has 2 aromatic carbocycles. The summed E-state index contributed by atoms with van der Waals surface area (Å²) in [5, 5.41) is 13.7. The Morgan fingerprint density at radius 2 is 1.75 bits per heavy atom. The molecule has 0 saturated heterocycles. The van der Waals surface area contributed by atoms with Crippen LogP contribution in [0.2, 0.25) is 0 Å². The Morgan fingerprint density at radius 1 is 1.07 bits per heavy atom. The molecular weight excluding hydrogens is 406 g/mol. The van der Waals surface area contributed by atoms with Gasteiger partial charge in [0.1, 0.15) is 17.9 Å². The first-order chi connectivity index (χ1) is 12.9. The molecule has 150 valence electrons. The Balaban J connectivity index is 0.00000280. The second-order valence-electron chi connectivity index (χ2n) is 5.65. The van der Waals surface area contributed by atoms with Crippen molar-refractivity contribution in [2.75, 3.05) is 25.3 Å². The number of sulfone groups is 1. The predicted octanol–water partition coefficient (Wildman–Crippen LogP) is 3.31. The fourth-order valence-corrected chi connectivity index (χ4v) is 3.49. The van der Waals surface area contributed by atoms with Crippen LogP contribution < -0.4 is 14.8 Å². The van der Waals surface area contributed by atoms with Crippen molar-refractivity contribution in [3.8, 4) is 17.2 Å². The van der Waals surface area contributed by atoms with E-state index in [1.165, 1.54) is 38.7 Å². The second-order valence-corrected chi connectivity index (χ2v) is 7.93. The van der Waals surface area contributed by atoms with Gasteiger partial charge in [-0.3, -0.25) is 0 Å². The molecule has 3 aromatic rings. The summed E-state index contributed by atoms with van der Waals surface area (Å²) < 4.78 is 34.8. The van der Waals surface area contributed by atoms with E-state index in [-0.39, 0.29) is 34.5 Å². The smallest absolute Gasteiger partial charge is 0.178 e. The van der Waals surface area contributed by atoms with Crippen molar-refractivity contribution < 1.29 is 23.0 Å². The van der Waals surface area contributed by atoms with Gasteiger partial charge in [-0.1, -0.05) is 6.92 Å². The van der Waals surface area contributed by atoms with Gasteiger partial charge in [0.15, 0.2) is 21.3 Å². The normalized spacial score (nSPS) is 11.0. The minimum atomic E-state index is -3.41. The topological polar surface area (TPSA) is 111 Å². The van der Waals surface area contributed by atoms with Gasteiger partial charge in [-0.25, -0.2) is 18.4 Å². The number of nitrogens with zero attached hydrogens (tertiary/aromatic N) is 2. The number of hydrogen-bond donors (Lipinski definition) is 2. The largest absolute Gasteiger partial charge is 0.506 e. The van der Waals surface area contributed by atoms with Crippen LogP contribution in [0.3, 0.4) is 0 Å². The molecule has 0 radical (unpaired) electrons. The van der Waals surface area contributed by atoms with Crippen LogP contribution in [-0.4, -0.2) is 43.5 Å². The van der Waals surface area contributed by atoms with Crippen LogP contribution in [0.25, 0.3) is 10.9 Å². The Labute approximate surface area is 168 Å². The van der Waals surface area contributed by atoms with E-state index in [9.17, 15) is 13.5 Å². The summed E-state index contributed by atoms with van der Waals surface area (Å²) in [6, 6.07) is 7.49. The first-order valence-corrected chi connectivity index (χ1v) is 9.74. The molecule has 1 aromatic heterocycles. The number of rotatable bonds is 6. The van der Waals surface area contributed by atoms with Crippen molar-refractivity contribution >= 4 is 44.7 Å². The number of halogens is 1. The monoisotopic (exact) mass is 425 g/mol. The number of hydrogen-bond acceptors (Lipinski definition) is 8. The molecular formula is C18H20ClN3O5S. The fourth-order valence-electron chi connectivity index (χ4n) is 2.59. The number of benzene rings is 2. The van der Waals surface area contributed by atoms with Gasteiger partial charge in [-0.2, -0.15) is 0 Å². The summed E-state index contributed by atoms with van der Waals surface area (Å²) in [6.07, 6.45) is 1.36. The summed E-state index contributed by atoms with van der Waals surface area (Å²) in [6.45, 7) is 1.56. The quantitative estimate of drug-likeness (QED) is 0.578. The SMILES string of the molecule is CCS(=O)(=O)c1ccc(O)c(Nc2ncnc3cc(OC)c(OC)cc23)c1.Cl. The van der Waals surface area contributed by atoms with E-state index in [0.717, 1.165) is 0 Å². The third-order valence-electron chi connectivity index (χ3n) is 4.10. The van der Waals surface area contributed by atoms with E-state index in [4.69, 9.17) is 9.47 Å². The van der Waals surface area contributed by atoms with Gasteiger partial charge in [0.2, 0.25) is 0 Å². The first kappa shape index (κ1) is 21.5. The number of fused-ring (bicyclic) bond motifs is 1. The molecule has 0 aliphatic rings. The van der Waals surface area contributed by atoms with Gasteiger partial charge < -0.3 is 19.9 Å². The van der Waals surface area contributed by atoms with E-state index >= 15 is 0 Å². The van der Waals surface area contributed by atoms with Gasteiger partial charge in [0.05, 0.1) is 36.1 Å². The molecule has 0 atom stereocenters. The van der Waals surface area contributed by atoms with Crippen LogP contribution in [0.15, 0.2) is 41.6 Å². The average molecular weight is 426 g/mol. The molecule has 1 heterocycles. The highest BCUT2D eigenvalue weighted by Crippen LogP contribution is 2.36. The zero-order valence-corrected chi connectivity index (χ0v) is 17.1. The maximum absolute atomic E-state index is 12.1. The number of anilines is 2. The predicted molar refractivity (Wildman–Crippen MR) is 109 cm³/mol. The molecule has 0 aliphatic heterocycles. The van der Waals surface area contributed by atoms with Gasteiger partial charge in [-0.15, -0.1) is 12.4 Å². The maximum Gasteiger partial charge on any atom is 0.178 e. The molecule has 28 heavy (non-hydrogen) atoms. The van der Waals surface area contributed by atoms with Crippen LogP contribution in [0.1, 0.15) is 6.92 Å². The lowest BCUT2D eigenvalue weighted by atomic mass is 10.2. The lowest BCUT2D eigenvalue weighted by molar-refractivity contribution is 0.356. The van der Waals surface area contributed by atoms with E-state index < -0.39 is 9.84 Å². The van der Waals surface area contributed by atoms with E-state index in [2.05, 4.69) is 15.3 Å². The van der Waals surface area contributed by atoms with Crippen LogP contribution in [-0.2, 0) is 9.84 Å². The minimum absolute atomic E-state index is 0. The van der Waals surface area contributed by atoms with Gasteiger partial charge in [0.25, 0.3) is 0 Å². The van der Waals surface area contributed by atoms with E-state index in [1.807, 2.05) is 0 Å². The number of methoxy groups -OCH3 is 2. The summed E-state index contributed by atoms with van der Waals surface area (Å²) in [5.74, 6) is 1.27. The first-order valence-electron chi connectivity index (χ1n) is 8.09. The Morgan fingerprint density at radius 3 is 2.39 bits per heavy atom. The van der Waals surface area contributed by atoms with Crippen LogP contribution in [0, 0.1) is 0 Å². The standard InChI is InChI=1S/C18H19N3O5S.ClH/c1-4-27(23,24)11-5-6-15(22)14(7-11)21-18-12-8-16(25-2)17(26-3)9-13(12)19-10-20-18;/h5-10,22H,4H2,1-3H3,(H,19,20,21);1H. The van der Waals surface area contributed by atoms with Crippen molar-refractivity contribution in [1.29, 1.82) is 0 Å². The van der Waals surface area contributed by atoms with E-state index in [0.29, 0.717) is 28.2 Å². The summed E-state index contributed by atoms with van der Waals surface area (Å²) in [7, 11) is -0.363. The van der Waals surface area contributed by atoms with Gasteiger partial charge >= 0.3 is 0 Å². The lowest BCUT2D eigenvalue weighted by Gasteiger charge is -2.13. The molecule has 0 unspecified atom stereocenters. The highest BCUT2D eigenvalue weighted by Gasteiger charge is 2.16. The lowest BCUT2D eigenvalue weighted by Crippen LogP contribution is -2.04. The maximum atomic E-state index is 12.1. The number of aromatic nitrogens is 2.